The highest BCUT2D eigenvalue weighted by Crippen LogP contribution is 2.03. The van der Waals surface area contributed by atoms with Gasteiger partial charge in [-0.25, -0.2) is 0 Å². The van der Waals surface area contributed by atoms with Gasteiger partial charge in [-0.15, -0.1) is 0 Å². The van der Waals surface area contributed by atoms with Crippen LogP contribution in [0.4, 0.5) is 0 Å². The number of rotatable bonds is 8. The molecule has 1 rings (SSSR count). The van der Waals surface area contributed by atoms with Crippen molar-refractivity contribution in [3.8, 4) is 0 Å². The summed E-state index contributed by atoms with van der Waals surface area (Å²) in [5.41, 5.74) is 2.11. The second kappa shape index (κ2) is 8.24. The van der Waals surface area contributed by atoms with Crippen molar-refractivity contribution in [1.82, 2.24) is 5.32 Å². The van der Waals surface area contributed by atoms with Crippen LogP contribution in [0.25, 0.3) is 0 Å². The maximum absolute atomic E-state index is 8.87. The van der Waals surface area contributed by atoms with Crippen LogP contribution in [-0.2, 0) is 17.9 Å². The summed E-state index contributed by atoms with van der Waals surface area (Å²) in [7, 11) is 0. The Morgan fingerprint density at radius 2 is 1.69 bits per heavy atom. The third-order valence-corrected chi connectivity index (χ3v) is 2.19. The van der Waals surface area contributed by atoms with Gasteiger partial charge in [0.25, 0.3) is 0 Å². The molecule has 0 spiro atoms. The van der Waals surface area contributed by atoms with E-state index in [1.165, 1.54) is 5.56 Å². The minimum atomic E-state index is 0.0720. The molecule has 90 valence electrons. The molecule has 1 aromatic rings. The molecule has 4 nitrogen and oxygen atoms in total. The van der Waals surface area contributed by atoms with Crippen molar-refractivity contribution in [2.75, 3.05) is 26.4 Å². The molecule has 16 heavy (non-hydrogen) atoms. The molecule has 0 fully saturated rings. The van der Waals surface area contributed by atoms with Gasteiger partial charge in [0.05, 0.1) is 26.4 Å². The van der Waals surface area contributed by atoms with E-state index in [2.05, 4.69) is 5.32 Å². The van der Waals surface area contributed by atoms with Crippen LogP contribution in [0.2, 0.25) is 0 Å². The first-order valence-electron chi connectivity index (χ1n) is 5.45. The molecule has 0 heterocycles. The van der Waals surface area contributed by atoms with E-state index >= 15 is 0 Å². The van der Waals surface area contributed by atoms with E-state index in [1.54, 1.807) is 0 Å². The summed E-state index contributed by atoms with van der Waals surface area (Å²) in [6, 6.07) is 7.82. The molecule has 0 saturated heterocycles. The fourth-order valence-corrected chi connectivity index (χ4v) is 1.31. The third kappa shape index (κ3) is 5.23. The molecule has 0 aliphatic rings. The first kappa shape index (κ1) is 13.1. The SMILES string of the molecule is OCCOCCNCc1ccc(CO)cc1. The number of hydrogen-bond donors (Lipinski definition) is 3. The fourth-order valence-electron chi connectivity index (χ4n) is 1.31. The Morgan fingerprint density at radius 3 is 2.31 bits per heavy atom. The highest BCUT2D eigenvalue weighted by atomic mass is 16.5. The average Bonchev–Trinajstić information content (AvgIpc) is 2.34. The molecule has 0 aromatic heterocycles. The molecule has 4 heteroatoms. The van der Waals surface area contributed by atoms with Crippen molar-refractivity contribution in [1.29, 1.82) is 0 Å². The van der Waals surface area contributed by atoms with Crippen molar-refractivity contribution in [3.05, 3.63) is 35.4 Å². The molecule has 3 N–H and O–H groups in total. The summed E-state index contributed by atoms with van der Waals surface area (Å²) in [5, 5.41) is 20.6. The van der Waals surface area contributed by atoms with Crippen LogP contribution in [0.3, 0.4) is 0 Å². The first-order valence-corrected chi connectivity index (χ1v) is 5.45. The lowest BCUT2D eigenvalue weighted by atomic mass is 10.1. The second-order valence-electron chi connectivity index (χ2n) is 3.49. The number of aliphatic hydroxyl groups is 2. The number of benzene rings is 1. The topological polar surface area (TPSA) is 61.7 Å². The lowest BCUT2D eigenvalue weighted by Gasteiger charge is -2.06. The molecule has 0 radical (unpaired) electrons. The summed E-state index contributed by atoms with van der Waals surface area (Å²) in [6.45, 7) is 2.71. The molecular formula is C12H19NO3. The van der Waals surface area contributed by atoms with Gasteiger partial charge in [0, 0.05) is 13.1 Å². The van der Waals surface area contributed by atoms with Crippen molar-refractivity contribution >= 4 is 0 Å². The monoisotopic (exact) mass is 225 g/mol. The average molecular weight is 225 g/mol. The largest absolute Gasteiger partial charge is 0.394 e. The van der Waals surface area contributed by atoms with Gasteiger partial charge in [-0.1, -0.05) is 24.3 Å². The summed E-state index contributed by atoms with van der Waals surface area (Å²) in [6.07, 6.45) is 0. The Bertz CT molecular complexity index is 274. The van der Waals surface area contributed by atoms with Gasteiger partial charge < -0.3 is 20.3 Å². The minimum Gasteiger partial charge on any atom is -0.394 e. The maximum Gasteiger partial charge on any atom is 0.0698 e. The molecule has 0 amide bonds. The lowest BCUT2D eigenvalue weighted by Crippen LogP contribution is -2.19. The summed E-state index contributed by atoms with van der Waals surface area (Å²) < 4.78 is 5.11. The van der Waals surface area contributed by atoms with Crippen LogP contribution in [-0.4, -0.2) is 36.6 Å². The van der Waals surface area contributed by atoms with E-state index in [0.29, 0.717) is 13.2 Å². The van der Waals surface area contributed by atoms with E-state index in [0.717, 1.165) is 18.7 Å². The smallest absolute Gasteiger partial charge is 0.0698 e. The number of nitrogens with one attached hydrogen (secondary N) is 1. The second-order valence-corrected chi connectivity index (χ2v) is 3.49. The molecule has 0 unspecified atom stereocenters. The fraction of sp³-hybridized carbons (Fsp3) is 0.500. The Kier molecular flexibility index (Phi) is 6.76. The van der Waals surface area contributed by atoms with Crippen LogP contribution in [0, 0.1) is 0 Å². The van der Waals surface area contributed by atoms with Gasteiger partial charge >= 0.3 is 0 Å². The molecule has 0 saturated carbocycles. The van der Waals surface area contributed by atoms with Crippen molar-refractivity contribution in [2.24, 2.45) is 0 Å². The van der Waals surface area contributed by atoms with E-state index in [9.17, 15) is 0 Å². The van der Waals surface area contributed by atoms with E-state index in [4.69, 9.17) is 14.9 Å². The van der Waals surface area contributed by atoms with Crippen molar-refractivity contribution in [2.45, 2.75) is 13.2 Å². The predicted octanol–water partition coefficient (Wildman–Crippen LogP) is 0.277. The molecule has 0 atom stereocenters. The van der Waals surface area contributed by atoms with E-state index in [1.807, 2.05) is 24.3 Å². The predicted molar refractivity (Wildman–Crippen MR) is 62.0 cm³/mol. The Hall–Kier alpha value is -0.940. The Morgan fingerprint density at radius 1 is 1.00 bits per heavy atom. The zero-order valence-corrected chi connectivity index (χ0v) is 9.35. The number of ether oxygens (including phenoxy) is 1. The van der Waals surface area contributed by atoms with Crippen molar-refractivity contribution in [3.63, 3.8) is 0 Å². The van der Waals surface area contributed by atoms with Gasteiger partial charge in [0.2, 0.25) is 0 Å². The van der Waals surface area contributed by atoms with Crippen LogP contribution in [0.1, 0.15) is 11.1 Å². The maximum atomic E-state index is 8.87. The van der Waals surface area contributed by atoms with Crippen LogP contribution in [0.5, 0.6) is 0 Å². The zero-order valence-electron chi connectivity index (χ0n) is 9.35. The number of hydrogen-bond acceptors (Lipinski definition) is 4. The molecule has 0 aliphatic carbocycles. The zero-order chi connectivity index (χ0) is 11.6. The van der Waals surface area contributed by atoms with Gasteiger partial charge in [0.1, 0.15) is 0 Å². The van der Waals surface area contributed by atoms with Gasteiger partial charge in [-0.05, 0) is 11.1 Å². The van der Waals surface area contributed by atoms with Gasteiger partial charge in [-0.2, -0.15) is 0 Å². The normalized spacial score (nSPS) is 10.6. The van der Waals surface area contributed by atoms with Crippen LogP contribution in [0.15, 0.2) is 24.3 Å². The van der Waals surface area contributed by atoms with Crippen molar-refractivity contribution < 1.29 is 14.9 Å². The van der Waals surface area contributed by atoms with Gasteiger partial charge in [0.15, 0.2) is 0 Å². The summed E-state index contributed by atoms with van der Waals surface area (Å²) >= 11 is 0. The Labute approximate surface area is 95.9 Å². The minimum absolute atomic E-state index is 0.0720. The Balaban J connectivity index is 2.12. The highest BCUT2D eigenvalue weighted by Gasteiger charge is 1.93. The number of aliphatic hydroxyl groups excluding tert-OH is 2. The molecular weight excluding hydrogens is 206 g/mol. The molecule has 0 aliphatic heterocycles. The van der Waals surface area contributed by atoms with Crippen LogP contribution >= 0.6 is 0 Å². The van der Waals surface area contributed by atoms with Gasteiger partial charge in [-0.3, -0.25) is 0 Å². The van der Waals surface area contributed by atoms with E-state index in [-0.39, 0.29) is 13.2 Å². The molecule has 1 aromatic carbocycles. The molecule has 0 bridgehead atoms. The first-order chi connectivity index (χ1) is 7.86. The van der Waals surface area contributed by atoms with Crippen LogP contribution < -0.4 is 5.32 Å². The highest BCUT2D eigenvalue weighted by molar-refractivity contribution is 5.21. The lowest BCUT2D eigenvalue weighted by molar-refractivity contribution is 0.0938. The summed E-state index contributed by atoms with van der Waals surface area (Å²) in [5.74, 6) is 0. The summed E-state index contributed by atoms with van der Waals surface area (Å²) in [4.78, 5) is 0. The third-order valence-electron chi connectivity index (χ3n) is 2.19. The quantitative estimate of drug-likeness (QED) is 0.556. The standard InChI is InChI=1S/C12H19NO3/c14-6-8-16-7-5-13-9-11-1-3-12(10-15)4-2-11/h1-4,13-15H,5-10H2. The van der Waals surface area contributed by atoms with E-state index < -0.39 is 0 Å².